The lowest BCUT2D eigenvalue weighted by Crippen LogP contribution is -2.25. The monoisotopic (exact) mass is 788 g/mol. The highest BCUT2D eigenvalue weighted by molar-refractivity contribution is 5.87. The molecule has 0 fully saturated rings. The number of aromatic nitrogens is 3. The Hall–Kier alpha value is -7.30. The van der Waals surface area contributed by atoms with Crippen molar-refractivity contribution in [3.8, 4) is 61.8 Å². The molecule has 0 spiro atoms. The number of hydrogen-bond acceptors (Lipinski definition) is 3. The zero-order valence-electron chi connectivity index (χ0n) is 34.7. The number of nitrogens with zero attached hydrogens (tertiary/aromatic N) is 4. The number of fused-ring (bicyclic) bond motifs is 3. The van der Waals surface area contributed by atoms with Gasteiger partial charge >= 0.3 is 0 Å². The summed E-state index contributed by atoms with van der Waals surface area (Å²) in [5.74, 6) is 1.64. The largest absolute Gasteiger partial charge is 0.311 e. The van der Waals surface area contributed by atoms with Gasteiger partial charge in [0, 0.05) is 39.3 Å². The molecule has 9 aromatic rings. The van der Waals surface area contributed by atoms with Gasteiger partial charge in [0.15, 0.2) is 11.6 Å². The summed E-state index contributed by atoms with van der Waals surface area (Å²) in [6, 6.07) is 74.2. The summed E-state index contributed by atoms with van der Waals surface area (Å²) in [6.45, 7) is 4.67. The van der Waals surface area contributed by atoms with E-state index in [-0.39, 0.29) is 5.41 Å². The van der Waals surface area contributed by atoms with E-state index in [1.165, 1.54) is 44.5 Å². The number of anilines is 3. The highest BCUT2D eigenvalue weighted by Crippen LogP contribution is 2.55. The van der Waals surface area contributed by atoms with Crippen molar-refractivity contribution in [2.75, 3.05) is 4.90 Å². The molecule has 1 aliphatic carbocycles. The first-order chi connectivity index (χ1) is 30.1. The second-order valence-corrected chi connectivity index (χ2v) is 16.1. The van der Waals surface area contributed by atoms with Crippen LogP contribution < -0.4 is 4.90 Å². The molecule has 0 radical (unpaired) electrons. The van der Waals surface area contributed by atoms with Crippen LogP contribution in [-0.2, 0) is 5.41 Å². The second-order valence-electron chi connectivity index (χ2n) is 16.1. The smallest absolute Gasteiger partial charge is 0.168 e. The highest BCUT2D eigenvalue weighted by atomic mass is 15.3. The Morgan fingerprint density at radius 2 is 0.770 bits per heavy atom. The van der Waals surface area contributed by atoms with Crippen LogP contribution in [-0.4, -0.2) is 14.8 Å². The lowest BCUT2D eigenvalue weighted by atomic mass is 9.71. The molecule has 296 valence electrons. The first-order valence-electron chi connectivity index (χ1n) is 21.6. The van der Waals surface area contributed by atoms with Gasteiger partial charge in [-0.25, -0.2) is 0 Å². The van der Waals surface area contributed by atoms with Gasteiger partial charge in [0.25, 0.3) is 0 Å². The molecule has 0 atom stereocenters. The van der Waals surface area contributed by atoms with Crippen LogP contribution in [0.1, 0.15) is 50.7 Å². The lowest BCUT2D eigenvalue weighted by Gasteiger charge is -2.32. The van der Waals surface area contributed by atoms with E-state index in [1.807, 2.05) is 24.3 Å². The van der Waals surface area contributed by atoms with Crippen LogP contribution in [0.25, 0.3) is 61.8 Å². The van der Waals surface area contributed by atoms with E-state index in [2.05, 4.69) is 205 Å². The summed E-state index contributed by atoms with van der Waals surface area (Å²) in [5, 5.41) is 9.45. The molecule has 1 aliphatic rings. The Morgan fingerprint density at radius 3 is 1.25 bits per heavy atom. The molecular formula is C57H48N4. The number of hydrogen-bond donors (Lipinski definition) is 0. The molecule has 4 heteroatoms. The van der Waals surface area contributed by atoms with Gasteiger partial charge in [-0.2, -0.15) is 0 Å². The topological polar surface area (TPSA) is 34.0 Å². The average molecular weight is 789 g/mol. The predicted octanol–water partition coefficient (Wildman–Crippen LogP) is 15.3. The number of para-hydroxylation sites is 3. The maximum absolute atomic E-state index is 4.75. The molecule has 4 nitrogen and oxygen atoms in total. The van der Waals surface area contributed by atoms with Gasteiger partial charge in [0.2, 0.25) is 0 Å². The molecule has 10 rings (SSSR count). The standard InChI is InChI=1S/C57H48N4/c1-3-37-57(38-4-2)53-39-45(41-25-27-44(28-26-41)56-59-58-55(43-17-9-5-10-18-43)61(56)49-23-15-8-16-24-49)31-35-51(53)52-36-32-46(40-54(52)57)42-29-33-50(34-30-42)60(47-19-11-6-12-20-47)48-21-13-7-14-22-48/h5-36,39-40H,3-4,37-38H2,1-2H3. The summed E-state index contributed by atoms with van der Waals surface area (Å²) < 4.78 is 2.16. The molecule has 1 heterocycles. The molecule has 0 amide bonds. The molecule has 1 aromatic heterocycles. The van der Waals surface area contributed by atoms with Gasteiger partial charge < -0.3 is 4.90 Å². The van der Waals surface area contributed by atoms with Crippen molar-refractivity contribution in [1.29, 1.82) is 0 Å². The maximum atomic E-state index is 4.75. The number of rotatable bonds is 12. The normalized spacial score (nSPS) is 12.5. The third-order valence-electron chi connectivity index (χ3n) is 12.4. The zero-order chi connectivity index (χ0) is 41.2. The van der Waals surface area contributed by atoms with Crippen LogP contribution >= 0.6 is 0 Å². The third-order valence-corrected chi connectivity index (χ3v) is 12.4. The van der Waals surface area contributed by atoms with Crippen LogP contribution in [0.5, 0.6) is 0 Å². The average Bonchev–Trinajstić information content (AvgIpc) is 3.89. The fourth-order valence-electron chi connectivity index (χ4n) is 9.65. The Bertz CT molecular complexity index is 2860. The van der Waals surface area contributed by atoms with E-state index in [1.54, 1.807) is 0 Å². The van der Waals surface area contributed by atoms with E-state index in [0.29, 0.717) is 0 Å². The van der Waals surface area contributed by atoms with Gasteiger partial charge in [-0.05, 0) is 118 Å². The van der Waals surface area contributed by atoms with Crippen LogP contribution in [0.2, 0.25) is 0 Å². The summed E-state index contributed by atoms with van der Waals surface area (Å²) in [7, 11) is 0. The minimum Gasteiger partial charge on any atom is -0.311 e. The van der Waals surface area contributed by atoms with E-state index in [9.17, 15) is 0 Å². The van der Waals surface area contributed by atoms with Gasteiger partial charge in [-0.3, -0.25) is 4.57 Å². The van der Waals surface area contributed by atoms with Crippen molar-refractivity contribution in [3.05, 3.63) is 217 Å². The molecular weight excluding hydrogens is 741 g/mol. The summed E-state index contributed by atoms with van der Waals surface area (Å²) in [6.07, 6.45) is 4.43. The first-order valence-corrected chi connectivity index (χ1v) is 21.6. The van der Waals surface area contributed by atoms with E-state index >= 15 is 0 Å². The van der Waals surface area contributed by atoms with Gasteiger partial charge in [-0.15, -0.1) is 10.2 Å². The van der Waals surface area contributed by atoms with E-state index < -0.39 is 0 Å². The Kier molecular flexibility index (Phi) is 10.2. The quantitative estimate of drug-likeness (QED) is 0.124. The van der Waals surface area contributed by atoms with E-state index in [0.717, 1.165) is 71.2 Å². The maximum Gasteiger partial charge on any atom is 0.168 e. The van der Waals surface area contributed by atoms with Gasteiger partial charge in [0.05, 0.1) is 0 Å². The van der Waals surface area contributed by atoms with Crippen molar-refractivity contribution in [3.63, 3.8) is 0 Å². The molecule has 61 heavy (non-hydrogen) atoms. The fourth-order valence-corrected chi connectivity index (χ4v) is 9.65. The molecule has 0 bridgehead atoms. The molecule has 0 saturated carbocycles. The minimum absolute atomic E-state index is 0.0581. The van der Waals surface area contributed by atoms with Gasteiger partial charge in [0.1, 0.15) is 0 Å². The van der Waals surface area contributed by atoms with Crippen LogP contribution in [0.15, 0.2) is 206 Å². The first kappa shape index (κ1) is 37.9. The van der Waals surface area contributed by atoms with Crippen molar-refractivity contribution < 1.29 is 0 Å². The lowest BCUT2D eigenvalue weighted by molar-refractivity contribution is 0.436. The Balaban J connectivity index is 0.989. The van der Waals surface area contributed by atoms with Crippen molar-refractivity contribution in [1.82, 2.24) is 14.8 Å². The summed E-state index contributed by atoms with van der Waals surface area (Å²) in [4.78, 5) is 2.32. The minimum atomic E-state index is -0.0581. The van der Waals surface area contributed by atoms with Gasteiger partial charge in [-0.1, -0.05) is 172 Å². The third kappa shape index (κ3) is 6.94. The predicted molar refractivity (Wildman–Crippen MR) is 254 cm³/mol. The fraction of sp³-hybridized carbons (Fsp3) is 0.123. The molecule has 0 N–H and O–H groups in total. The molecule has 0 unspecified atom stereocenters. The van der Waals surface area contributed by atoms with Crippen molar-refractivity contribution >= 4 is 17.1 Å². The van der Waals surface area contributed by atoms with Crippen molar-refractivity contribution in [2.45, 2.75) is 44.9 Å². The molecule has 0 aliphatic heterocycles. The number of benzene rings is 8. The van der Waals surface area contributed by atoms with Crippen LogP contribution in [0.3, 0.4) is 0 Å². The Labute approximate surface area is 359 Å². The molecule has 8 aromatic carbocycles. The summed E-state index contributed by atoms with van der Waals surface area (Å²) in [5.41, 5.74) is 17.0. The summed E-state index contributed by atoms with van der Waals surface area (Å²) >= 11 is 0. The Morgan fingerprint density at radius 1 is 0.393 bits per heavy atom. The van der Waals surface area contributed by atoms with Crippen LogP contribution in [0.4, 0.5) is 17.1 Å². The zero-order valence-corrected chi connectivity index (χ0v) is 34.7. The molecule has 0 saturated heterocycles. The van der Waals surface area contributed by atoms with E-state index in [4.69, 9.17) is 10.2 Å². The van der Waals surface area contributed by atoms with Crippen molar-refractivity contribution in [2.24, 2.45) is 0 Å². The van der Waals surface area contributed by atoms with Crippen LogP contribution in [0, 0.1) is 0 Å². The SMILES string of the molecule is CCCC1(CCC)c2cc(-c3ccc(-c4nnc(-c5ccccc5)n4-c4ccccc4)cc3)ccc2-c2ccc(-c3ccc(N(c4ccccc4)c4ccccc4)cc3)cc21. The second kappa shape index (κ2) is 16.4. The highest BCUT2D eigenvalue weighted by Gasteiger charge is 2.42.